The normalized spacial score (nSPS) is 19.1. The van der Waals surface area contributed by atoms with Crippen molar-refractivity contribution in [1.29, 1.82) is 0 Å². The molecule has 0 radical (unpaired) electrons. The quantitative estimate of drug-likeness (QED) is 0.587. The Balaban J connectivity index is 1.44. The fourth-order valence-corrected chi connectivity index (χ4v) is 6.11. The highest BCUT2D eigenvalue weighted by Crippen LogP contribution is 2.46. The third-order valence-corrected chi connectivity index (χ3v) is 8.12. The summed E-state index contributed by atoms with van der Waals surface area (Å²) >= 11 is 8.12. The molecular formula is C28H28ClN5O3S. The lowest BCUT2D eigenvalue weighted by Crippen LogP contribution is -2.50. The number of allylic oxidation sites excluding steroid dienone is 1. The monoisotopic (exact) mass is 549 g/mol. The summed E-state index contributed by atoms with van der Waals surface area (Å²) in [5.74, 6) is -0.280. The summed E-state index contributed by atoms with van der Waals surface area (Å²) in [5, 5.41) is 6.15. The molecular weight excluding hydrogens is 522 g/mol. The second-order valence-electron chi connectivity index (χ2n) is 9.30. The minimum Gasteiger partial charge on any atom is -0.339 e. The Morgan fingerprint density at radius 2 is 1.66 bits per heavy atom. The van der Waals surface area contributed by atoms with Crippen molar-refractivity contribution in [2.45, 2.75) is 26.3 Å². The second-order valence-corrected chi connectivity index (χ2v) is 10.5. The number of hydrogen-bond donors (Lipinski definition) is 1. The molecule has 0 saturated carbocycles. The smallest absolute Gasteiger partial charge is 0.255 e. The number of rotatable bonds is 5. The van der Waals surface area contributed by atoms with E-state index < -0.39 is 6.04 Å². The summed E-state index contributed by atoms with van der Waals surface area (Å²) in [6.45, 7) is 5.42. The van der Waals surface area contributed by atoms with Crippen molar-refractivity contribution in [2.24, 2.45) is 4.99 Å². The second kappa shape index (κ2) is 11.0. The SMILES string of the molecule is CC(=O)N1CCN(C(=O)CC2=CSC3=NC(C)=C(C(=O)Nc4ccccc4)[C@H](c4ccccc4Cl)N23)CC1. The molecule has 10 heteroatoms. The van der Waals surface area contributed by atoms with Gasteiger partial charge in [0, 0.05) is 49.5 Å². The number of piperazine rings is 1. The van der Waals surface area contributed by atoms with Gasteiger partial charge in [-0.15, -0.1) is 0 Å². The van der Waals surface area contributed by atoms with Crippen molar-refractivity contribution in [2.75, 3.05) is 31.5 Å². The molecule has 1 N–H and O–H groups in total. The number of thioether (sulfide) groups is 1. The molecule has 2 aromatic carbocycles. The molecule has 3 amide bonds. The van der Waals surface area contributed by atoms with Crippen LogP contribution in [0.4, 0.5) is 5.69 Å². The van der Waals surface area contributed by atoms with Crippen LogP contribution in [0.15, 0.2) is 82.0 Å². The van der Waals surface area contributed by atoms with E-state index >= 15 is 0 Å². The van der Waals surface area contributed by atoms with Crippen LogP contribution in [0.2, 0.25) is 5.02 Å². The topological polar surface area (TPSA) is 85.3 Å². The molecule has 0 bridgehead atoms. The standard InChI is InChI=1S/C28H28ClN5O3S/c1-18-25(27(37)31-20-8-4-3-5-9-20)26(22-10-6-7-11-23(22)29)34-21(17-38-28(34)30-18)16-24(36)33-14-12-32(13-15-33)19(2)35/h3-11,17,26H,12-16H2,1-2H3,(H,31,37)/t26-/m0/s1. The number of anilines is 1. The summed E-state index contributed by atoms with van der Waals surface area (Å²) in [4.78, 5) is 48.9. The third kappa shape index (κ3) is 5.21. The first-order valence-electron chi connectivity index (χ1n) is 12.4. The molecule has 3 heterocycles. The molecule has 2 aromatic rings. The number of benzene rings is 2. The van der Waals surface area contributed by atoms with E-state index in [4.69, 9.17) is 16.6 Å². The number of amides is 3. The molecule has 0 aromatic heterocycles. The Morgan fingerprint density at radius 1 is 1.00 bits per heavy atom. The fourth-order valence-electron chi connectivity index (χ4n) is 4.91. The number of para-hydroxylation sites is 1. The number of fused-ring (bicyclic) bond motifs is 1. The molecule has 1 fully saturated rings. The van der Waals surface area contributed by atoms with Gasteiger partial charge in [-0.05, 0) is 36.1 Å². The van der Waals surface area contributed by atoms with Gasteiger partial charge < -0.3 is 20.0 Å². The van der Waals surface area contributed by atoms with E-state index in [2.05, 4.69) is 5.32 Å². The van der Waals surface area contributed by atoms with Gasteiger partial charge in [0.05, 0.1) is 23.7 Å². The Hall–Kier alpha value is -3.56. The Labute approximate surface area is 231 Å². The molecule has 0 unspecified atom stereocenters. The maximum Gasteiger partial charge on any atom is 0.255 e. The molecule has 1 atom stereocenters. The van der Waals surface area contributed by atoms with Gasteiger partial charge in [-0.2, -0.15) is 0 Å². The number of hydrogen-bond acceptors (Lipinski definition) is 6. The van der Waals surface area contributed by atoms with Gasteiger partial charge in [-0.25, -0.2) is 4.99 Å². The molecule has 5 rings (SSSR count). The largest absolute Gasteiger partial charge is 0.339 e. The van der Waals surface area contributed by atoms with E-state index in [9.17, 15) is 14.4 Å². The molecule has 38 heavy (non-hydrogen) atoms. The van der Waals surface area contributed by atoms with Crippen molar-refractivity contribution >= 4 is 51.9 Å². The van der Waals surface area contributed by atoms with Crippen LogP contribution >= 0.6 is 23.4 Å². The number of amidine groups is 1. The van der Waals surface area contributed by atoms with Gasteiger partial charge >= 0.3 is 0 Å². The van der Waals surface area contributed by atoms with Crippen molar-refractivity contribution in [3.05, 3.63) is 87.6 Å². The van der Waals surface area contributed by atoms with E-state index in [1.807, 2.05) is 65.8 Å². The molecule has 0 aliphatic carbocycles. The lowest BCUT2D eigenvalue weighted by molar-refractivity contribution is -0.138. The predicted octanol–water partition coefficient (Wildman–Crippen LogP) is 4.63. The number of nitrogens with one attached hydrogen (secondary N) is 1. The Morgan fingerprint density at radius 3 is 2.34 bits per heavy atom. The van der Waals surface area contributed by atoms with E-state index in [0.29, 0.717) is 53.3 Å². The molecule has 196 valence electrons. The highest BCUT2D eigenvalue weighted by atomic mass is 35.5. The summed E-state index contributed by atoms with van der Waals surface area (Å²) in [7, 11) is 0. The Bertz CT molecular complexity index is 1370. The fraction of sp³-hybridized carbons (Fsp3) is 0.286. The zero-order valence-electron chi connectivity index (χ0n) is 21.2. The summed E-state index contributed by atoms with van der Waals surface area (Å²) in [6.07, 6.45) is 0.152. The van der Waals surface area contributed by atoms with Gasteiger partial charge in [-0.1, -0.05) is 59.8 Å². The van der Waals surface area contributed by atoms with E-state index in [1.165, 1.54) is 11.8 Å². The maximum absolute atomic E-state index is 13.7. The van der Waals surface area contributed by atoms with Gasteiger partial charge in [-0.3, -0.25) is 14.4 Å². The average Bonchev–Trinajstić information content (AvgIpc) is 3.30. The van der Waals surface area contributed by atoms with Crippen LogP contribution in [0.5, 0.6) is 0 Å². The number of halogens is 1. The predicted molar refractivity (Wildman–Crippen MR) is 150 cm³/mol. The van der Waals surface area contributed by atoms with Gasteiger partial charge in [0.2, 0.25) is 11.8 Å². The van der Waals surface area contributed by atoms with Crippen LogP contribution in [0, 0.1) is 0 Å². The summed E-state index contributed by atoms with van der Waals surface area (Å²) < 4.78 is 0. The molecule has 8 nitrogen and oxygen atoms in total. The van der Waals surface area contributed by atoms with Crippen molar-refractivity contribution in [3.8, 4) is 0 Å². The molecule has 3 aliphatic rings. The highest BCUT2D eigenvalue weighted by Gasteiger charge is 2.41. The number of aliphatic imine (C=N–C) groups is 1. The first kappa shape index (κ1) is 26.1. The summed E-state index contributed by atoms with van der Waals surface area (Å²) in [5.41, 5.74) is 3.27. The van der Waals surface area contributed by atoms with Crippen LogP contribution < -0.4 is 5.32 Å². The van der Waals surface area contributed by atoms with Crippen LogP contribution in [0.3, 0.4) is 0 Å². The number of carbonyl (C=O) groups excluding carboxylic acids is 3. The first-order chi connectivity index (χ1) is 18.3. The first-order valence-corrected chi connectivity index (χ1v) is 13.7. The molecule has 3 aliphatic heterocycles. The zero-order chi connectivity index (χ0) is 26.8. The Kier molecular flexibility index (Phi) is 7.58. The van der Waals surface area contributed by atoms with E-state index in [1.54, 1.807) is 22.8 Å². The van der Waals surface area contributed by atoms with Crippen LogP contribution in [-0.2, 0) is 14.4 Å². The minimum atomic E-state index is -0.552. The van der Waals surface area contributed by atoms with Crippen LogP contribution in [0.25, 0.3) is 0 Å². The van der Waals surface area contributed by atoms with Crippen LogP contribution in [-0.4, -0.2) is 63.8 Å². The highest BCUT2D eigenvalue weighted by molar-refractivity contribution is 8.16. The molecule has 0 spiro atoms. The third-order valence-electron chi connectivity index (χ3n) is 6.89. The van der Waals surface area contributed by atoms with Gasteiger partial charge in [0.25, 0.3) is 5.91 Å². The van der Waals surface area contributed by atoms with Crippen LogP contribution in [0.1, 0.15) is 31.9 Å². The maximum atomic E-state index is 13.7. The molecule has 1 saturated heterocycles. The number of nitrogens with zero attached hydrogens (tertiary/aromatic N) is 4. The van der Waals surface area contributed by atoms with E-state index in [-0.39, 0.29) is 24.1 Å². The van der Waals surface area contributed by atoms with Crippen molar-refractivity contribution < 1.29 is 14.4 Å². The average molecular weight is 550 g/mol. The van der Waals surface area contributed by atoms with Crippen molar-refractivity contribution in [1.82, 2.24) is 14.7 Å². The van der Waals surface area contributed by atoms with Gasteiger partial charge in [0.15, 0.2) is 5.17 Å². The minimum absolute atomic E-state index is 0.0206. The lowest BCUT2D eigenvalue weighted by Gasteiger charge is -2.38. The zero-order valence-corrected chi connectivity index (χ0v) is 22.8. The van der Waals surface area contributed by atoms with E-state index in [0.717, 1.165) is 11.3 Å². The van der Waals surface area contributed by atoms with Crippen molar-refractivity contribution in [3.63, 3.8) is 0 Å². The number of carbonyl (C=O) groups is 3. The lowest BCUT2D eigenvalue weighted by atomic mass is 9.93. The van der Waals surface area contributed by atoms with Gasteiger partial charge in [0.1, 0.15) is 0 Å². The summed E-state index contributed by atoms with van der Waals surface area (Å²) in [6, 6.07) is 16.2.